The molecule has 4 heteroatoms. The van der Waals surface area contributed by atoms with Crippen LogP contribution in [-0.4, -0.2) is 30.9 Å². The summed E-state index contributed by atoms with van der Waals surface area (Å²) in [6.45, 7) is 1.33. The van der Waals surface area contributed by atoms with Gasteiger partial charge in [-0.3, -0.25) is 4.79 Å². The molecule has 1 aliphatic rings. The number of benzene rings is 1. The molecule has 1 aliphatic carbocycles. The summed E-state index contributed by atoms with van der Waals surface area (Å²) in [5.74, 6) is 0.529. The molecule has 2 rings (SSSR count). The number of allylic oxidation sites excluding steroid dienone is 2. The van der Waals surface area contributed by atoms with Crippen molar-refractivity contribution in [3.63, 3.8) is 0 Å². The number of esters is 1. The van der Waals surface area contributed by atoms with Crippen molar-refractivity contribution in [3.8, 4) is 0 Å². The summed E-state index contributed by atoms with van der Waals surface area (Å²) in [6, 6.07) is 10.2. The summed E-state index contributed by atoms with van der Waals surface area (Å²) in [5, 5.41) is 10.2. The zero-order valence-electron chi connectivity index (χ0n) is 15.1. The van der Waals surface area contributed by atoms with Crippen molar-refractivity contribution < 1.29 is 19.4 Å². The number of aliphatic hydroxyl groups excluding tert-OH is 1. The van der Waals surface area contributed by atoms with Crippen LogP contribution in [-0.2, 0) is 20.9 Å². The molecule has 1 aromatic rings. The summed E-state index contributed by atoms with van der Waals surface area (Å²) in [5.41, 5.74) is 1.18. The predicted octanol–water partition coefficient (Wildman–Crippen LogP) is 3.88. The third kappa shape index (κ3) is 7.00. The average Bonchev–Trinajstić information content (AvgIpc) is 2.98. The minimum atomic E-state index is -0.231. The highest BCUT2D eigenvalue weighted by molar-refractivity contribution is 5.69. The zero-order valence-corrected chi connectivity index (χ0v) is 15.1. The average molecular weight is 346 g/mol. The molecule has 1 N–H and O–H groups in total. The lowest BCUT2D eigenvalue weighted by atomic mass is 9.92. The Morgan fingerprint density at radius 3 is 2.80 bits per heavy atom. The Bertz CT molecular complexity index is 526. The van der Waals surface area contributed by atoms with Crippen LogP contribution in [0.4, 0.5) is 0 Å². The number of unbranched alkanes of at least 4 members (excludes halogenated alkanes) is 1. The van der Waals surface area contributed by atoms with Crippen molar-refractivity contribution in [1.29, 1.82) is 0 Å². The van der Waals surface area contributed by atoms with Crippen LogP contribution in [0.1, 0.15) is 44.1 Å². The number of hydrogen-bond donors (Lipinski definition) is 1. The maximum atomic E-state index is 11.0. The Labute approximate surface area is 150 Å². The molecule has 25 heavy (non-hydrogen) atoms. The first kappa shape index (κ1) is 19.7. The Morgan fingerprint density at radius 2 is 2.04 bits per heavy atom. The molecule has 138 valence electrons. The molecule has 0 bridgehead atoms. The van der Waals surface area contributed by atoms with E-state index >= 15 is 0 Å². The van der Waals surface area contributed by atoms with Gasteiger partial charge in [0, 0.05) is 6.42 Å². The van der Waals surface area contributed by atoms with Gasteiger partial charge < -0.3 is 14.6 Å². The van der Waals surface area contributed by atoms with E-state index < -0.39 is 0 Å². The van der Waals surface area contributed by atoms with Crippen molar-refractivity contribution in [1.82, 2.24) is 0 Å². The molecule has 0 saturated heterocycles. The normalized spacial score (nSPS) is 23.2. The van der Waals surface area contributed by atoms with Gasteiger partial charge in [-0.15, -0.1) is 0 Å². The molecule has 4 nitrogen and oxygen atoms in total. The van der Waals surface area contributed by atoms with Gasteiger partial charge in [0.1, 0.15) is 0 Å². The minimum Gasteiger partial charge on any atom is -0.469 e. The maximum Gasteiger partial charge on any atom is 0.305 e. The molecule has 0 aromatic heterocycles. The molecule has 0 aliphatic heterocycles. The highest BCUT2D eigenvalue weighted by atomic mass is 16.5. The van der Waals surface area contributed by atoms with Gasteiger partial charge in [-0.25, -0.2) is 0 Å². The standard InChI is InChI=1S/C21H30O4/c1-24-21(23)12-8-3-2-7-11-19-18(13-14-20(19)22)16-25-15-17-9-5-4-6-10-17/h2,4-7,9-10,18-20,22H,3,8,11-16H2,1H3/b7-2-. The Balaban J connectivity index is 1.67. The first-order valence-electron chi connectivity index (χ1n) is 9.22. The molecule has 0 heterocycles. The second kappa shape index (κ2) is 11.1. The number of hydrogen-bond acceptors (Lipinski definition) is 4. The lowest BCUT2D eigenvalue weighted by Crippen LogP contribution is -2.22. The van der Waals surface area contributed by atoms with E-state index in [2.05, 4.69) is 29.0 Å². The lowest BCUT2D eigenvalue weighted by Gasteiger charge is -2.20. The first-order chi connectivity index (χ1) is 12.2. The van der Waals surface area contributed by atoms with Crippen LogP contribution in [0, 0.1) is 11.8 Å². The smallest absolute Gasteiger partial charge is 0.305 e. The van der Waals surface area contributed by atoms with E-state index in [0.29, 0.717) is 25.6 Å². The van der Waals surface area contributed by atoms with E-state index in [-0.39, 0.29) is 18.0 Å². The number of aliphatic hydroxyl groups is 1. The van der Waals surface area contributed by atoms with E-state index in [1.165, 1.54) is 12.7 Å². The molecular weight excluding hydrogens is 316 g/mol. The van der Waals surface area contributed by atoms with Gasteiger partial charge in [-0.05, 0) is 49.5 Å². The molecule has 1 aromatic carbocycles. The molecular formula is C21H30O4. The van der Waals surface area contributed by atoms with Crippen LogP contribution in [0.25, 0.3) is 0 Å². The van der Waals surface area contributed by atoms with Gasteiger partial charge in [0.25, 0.3) is 0 Å². The largest absolute Gasteiger partial charge is 0.469 e. The molecule has 1 saturated carbocycles. The van der Waals surface area contributed by atoms with Crippen LogP contribution in [0.5, 0.6) is 0 Å². The monoisotopic (exact) mass is 346 g/mol. The third-order valence-corrected chi connectivity index (χ3v) is 4.93. The van der Waals surface area contributed by atoms with Crippen molar-refractivity contribution in [3.05, 3.63) is 48.0 Å². The quantitative estimate of drug-likeness (QED) is 0.397. The fourth-order valence-electron chi connectivity index (χ4n) is 3.42. The number of methoxy groups -OCH3 is 1. The summed E-state index contributed by atoms with van der Waals surface area (Å²) in [6.07, 6.45) is 8.91. The van der Waals surface area contributed by atoms with Gasteiger partial charge in [-0.2, -0.15) is 0 Å². The van der Waals surface area contributed by atoms with E-state index in [0.717, 1.165) is 32.1 Å². The Hall–Kier alpha value is -1.65. The second-order valence-corrected chi connectivity index (χ2v) is 6.74. The SMILES string of the molecule is COC(=O)CCC/C=C\CC1C(O)CCC1COCc1ccccc1. The topological polar surface area (TPSA) is 55.8 Å². The third-order valence-electron chi connectivity index (χ3n) is 4.93. The van der Waals surface area contributed by atoms with E-state index in [9.17, 15) is 9.90 Å². The molecule has 0 amide bonds. The van der Waals surface area contributed by atoms with Crippen LogP contribution in [0.15, 0.2) is 42.5 Å². The maximum absolute atomic E-state index is 11.0. The Morgan fingerprint density at radius 1 is 1.24 bits per heavy atom. The summed E-state index contributed by atoms with van der Waals surface area (Å²) >= 11 is 0. The van der Waals surface area contributed by atoms with E-state index in [4.69, 9.17) is 4.74 Å². The van der Waals surface area contributed by atoms with Gasteiger partial charge in [0.05, 0.1) is 26.4 Å². The van der Waals surface area contributed by atoms with E-state index in [1.54, 1.807) is 0 Å². The number of carbonyl (C=O) groups excluding carboxylic acids is 1. The van der Waals surface area contributed by atoms with Crippen LogP contribution >= 0.6 is 0 Å². The van der Waals surface area contributed by atoms with Crippen molar-refractivity contribution >= 4 is 5.97 Å². The van der Waals surface area contributed by atoms with Crippen LogP contribution in [0.2, 0.25) is 0 Å². The lowest BCUT2D eigenvalue weighted by molar-refractivity contribution is -0.140. The van der Waals surface area contributed by atoms with Gasteiger partial charge in [0.15, 0.2) is 0 Å². The van der Waals surface area contributed by atoms with Gasteiger partial charge in [-0.1, -0.05) is 42.5 Å². The fourth-order valence-corrected chi connectivity index (χ4v) is 3.42. The first-order valence-corrected chi connectivity index (χ1v) is 9.22. The summed E-state index contributed by atoms with van der Waals surface area (Å²) < 4.78 is 10.5. The van der Waals surface area contributed by atoms with Gasteiger partial charge in [0.2, 0.25) is 0 Å². The van der Waals surface area contributed by atoms with Gasteiger partial charge >= 0.3 is 5.97 Å². The summed E-state index contributed by atoms with van der Waals surface area (Å²) in [7, 11) is 1.42. The second-order valence-electron chi connectivity index (χ2n) is 6.74. The molecule has 3 unspecified atom stereocenters. The number of rotatable bonds is 10. The highest BCUT2D eigenvalue weighted by Crippen LogP contribution is 2.35. The van der Waals surface area contributed by atoms with Crippen molar-refractivity contribution in [2.45, 2.75) is 51.2 Å². The predicted molar refractivity (Wildman–Crippen MR) is 97.9 cm³/mol. The molecule has 1 fully saturated rings. The number of ether oxygens (including phenoxy) is 2. The van der Waals surface area contributed by atoms with Crippen molar-refractivity contribution in [2.24, 2.45) is 11.8 Å². The van der Waals surface area contributed by atoms with Crippen molar-refractivity contribution in [2.75, 3.05) is 13.7 Å². The van der Waals surface area contributed by atoms with Crippen LogP contribution in [0.3, 0.4) is 0 Å². The highest BCUT2D eigenvalue weighted by Gasteiger charge is 2.33. The number of carbonyl (C=O) groups is 1. The minimum absolute atomic E-state index is 0.157. The Kier molecular flexibility index (Phi) is 8.70. The van der Waals surface area contributed by atoms with Crippen LogP contribution < -0.4 is 0 Å². The summed E-state index contributed by atoms with van der Waals surface area (Å²) in [4.78, 5) is 11.0. The molecule has 0 radical (unpaired) electrons. The fraction of sp³-hybridized carbons (Fsp3) is 0.571. The zero-order chi connectivity index (χ0) is 17.9. The van der Waals surface area contributed by atoms with E-state index in [1.807, 2.05) is 18.2 Å². The molecule has 3 atom stereocenters. The molecule has 0 spiro atoms.